The van der Waals surface area contributed by atoms with E-state index in [4.69, 9.17) is 18.9 Å². The van der Waals surface area contributed by atoms with Gasteiger partial charge in [-0.05, 0) is 37.5 Å². The Kier molecular flexibility index (Phi) is 6.06. The van der Waals surface area contributed by atoms with Crippen LogP contribution < -0.4 is 0 Å². The molecule has 0 N–H and O–H groups in total. The van der Waals surface area contributed by atoms with Gasteiger partial charge in [0.15, 0.2) is 0 Å². The minimum Gasteiger partial charge on any atom is -0.377 e. The third kappa shape index (κ3) is 3.29. The average molecular weight is 300 g/mol. The van der Waals surface area contributed by atoms with Crippen LogP contribution in [0, 0.1) is 11.8 Å². The Morgan fingerprint density at radius 3 is 1.33 bits per heavy atom. The van der Waals surface area contributed by atoms with Crippen molar-refractivity contribution in [1.29, 1.82) is 0 Å². The molecule has 0 unspecified atom stereocenters. The zero-order valence-electron chi connectivity index (χ0n) is 14.2. The van der Waals surface area contributed by atoms with Crippen molar-refractivity contribution in [2.45, 2.75) is 69.4 Å². The summed E-state index contributed by atoms with van der Waals surface area (Å²) < 4.78 is 23.0. The Labute approximate surface area is 129 Å². The zero-order chi connectivity index (χ0) is 15.3. The molecule has 0 aliphatic heterocycles. The molecule has 2 aliphatic carbocycles. The molecular formula is C17H32O4. The lowest BCUT2D eigenvalue weighted by atomic mass is 9.72. The van der Waals surface area contributed by atoms with Crippen LogP contribution in [0.25, 0.3) is 0 Å². The molecule has 0 radical (unpaired) electrons. The molecule has 0 saturated heterocycles. The van der Waals surface area contributed by atoms with Gasteiger partial charge in [0.1, 0.15) is 0 Å². The molecule has 21 heavy (non-hydrogen) atoms. The van der Waals surface area contributed by atoms with Crippen LogP contribution in [0.3, 0.4) is 0 Å². The quantitative estimate of drug-likeness (QED) is 0.640. The largest absolute Gasteiger partial charge is 0.377 e. The van der Waals surface area contributed by atoms with Crippen molar-refractivity contribution >= 4 is 0 Å². The molecule has 0 atom stereocenters. The van der Waals surface area contributed by atoms with Crippen molar-refractivity contribution in [3.63, 3.8) is 0 Å². The van der Waals surface area contributed by atoms with Crippen molar-refractivity contribution in [3.05, 3.63) is 0 Å². The van der Waals surface area contributed by atoms with Crippen molar-refractivity contribution in [3.8, 4) is 0 Å². The summed E-state index contributed by atoms with van der Waals surface area (Å²) in [6, 6.07) is 0. The average Bonchev–Trinajstić information content (AvgIpc) is 3.24. The molecule has 124 valence electrons. The number of rotatable bonds is 8. The first-order valence-electron chi connectivity index (χ1n) is 8.37. The van der Waals surface area contributed by atoms with E-state index in [0.29, 0.717) is 18.3 Å². The summed E-state index contributed by atoms with van der Waals surface area (Å²) in [5.74, 6) is 0.178. The minimum atomic E-state index is -0.999. The van der Waals surface area contributed by atoms with E-state index in [1.54, 1.807) is 21.3 Å². The SMILES string of the molecule is COC(CC(OC)(C1CCCC1)C1CCCC1)(OC)OC. The van der Waals surface area contributed by atoms with Gasteiger partial charge in [0.2, 0.25) is 0 Å². The first-order valence-corrected chi connectivity index (χ1v) is 8.37. The van der Waals surface area contributed by atoms with Crippen molar-refractivity contribution in [2.24, 2.45) is 11.8 Å². The molecule has 4 nitrogen and oxygen atoms in total. The number of hydrogen-bond donors (Lipinski definition) is 0. The monoisotopic (exact) mass is 300 g/mol. The Morgan fingerprint density at radius 1 is 0.667 bits per heavy atom. The first kappa shape index (κ1) is 17.2. The summed E-state index contributed by atoms with van der Waals surface area (Å²) in [6.45, 7) is 0. The lowest BCUT2D eigenvalue weighted by Gasteiger charge is -2.47. The molecule has 0 heterocycles. The van der Waals surface area contributed by atoms with E-state index in [1.807, 2.05) is 7.11 Å². The molecule has 0 aromatic carbocycles. The predicted molar refractivity (Wildman–Crippen MR) is 82.0 cm³/mol. The molecule has 4 heteroatoms. The van der Waals surface area contributed by atoms with E-state index in [-0.39, 0.29) is 5.60 Å². The van der Waals surface area contributed by atoms with Gasteiger partial charge in [-0.15, -0.1) is 0 Å². The summed E-state index contributed by atoms with van der Waals surface area (Å²) in [5.41, 5.74) is -0.185. The highest BCUT2D eigenvalue weighted by Crippen LogP contribution is 2.50. The summed E-state index contributed by atoms with van der Waals surface area (Å²) in [4.78, 5) is 0. The fourth-order valence-corrected chi connectivity index (χ4v) is 4.66. The van der Waals surface area contributed by atoms with Crippen LogP contribution in [0.4, 0.5) is 0 Å². The van der Waals surface area contributed by atoms with Gasteiger partial charge < -0.3 is 18.9 Å². The zero-order valence-corrected chi connectivity index (χ0v) is 14.2. The second kappa shape index (κ2) is 7.40. The van der Waals surface area contributed by atoms with E-state index in [9.17, 15) is 0 Å². The fourth-order valence-electron chi connectivity index (χ4n) is 4.66. The van der Waals surface area contributed by atoms with Crippen molar-refractivity contribution in [2.75, 3.05) is 28.4 Å². The standard InChI is InChI=1S/C17H32O4/c1-18-16(14-9-5-6-10-14,15-11-7-8-12-15)13-17(19-2,20-3)21-4/h14-15H,5-13H2,1-4H3. The lowest BCUT2D eigenvalue weighted by Crippen LogP contribution is -2.53. The van der Waals surface area contributed by atoms with Gasteiger partial charge in [-0.25, -0.2) is 0 Å². The van der Waals surface area contributed by atoms with E-state index >= 15 is 0 Å². The Balaban J connectivity index is 2.28. The lowest BCUT2D eigenvalue weighted by molar-refractivity contribution is -0.375. The van der Waals surface area contributed by atoms with Gasteiger partial charge in [0, 0.05) is 28.4 Å². The Hall–Kier alpha value is -0.160. The van der Waals surface area contributed by atoms with E-state index in [0.717, 1.165) is 0 Å². The Morgan fingerprint density at radius 2 is 1.05 bits per heavy atom. The highest BCUT2D eigenvalue weighted by Gasteiger charge is 2.53. The summed E-state index contributed by atoms with van der Waals surface area (Å²) in [6.07, 6.45) is 10.9. The van der Waals surface area contributed by atoms with Gasteiger partial charge in [0.25, 0.3) is 5.97 Å². The fraction of sp³-hybridized carbons (Fsp3) is 1.00. The molecule has 2 rings (SSSR count). The van der Waals surface area contributed by atoms with Crippen LogP contribution in [0.2, 0.25) is 0 Å². The molecule has 2 aliphatic rings. The number of hydrogen-bond acceptors (Lipinski definition) is 4. The first-order chi connectivity index (χ1) is 10.2. The topological polar surface area (TPSA) is 36.9 Å². The van der Waals surface area contributed by atoms with Crippen molar-refractivity contribution in [1.82, 2.24) is 0 Å². The van der Waals surface area contributed by atoms with E-state index < -0.39 is 5.97 Å². The van der Waals surface area contributed by atoms with Gasteiger partial charge in [-0.3, -0.25) is 0 Å². The van der Waals surface area contributed by atoms with Crippen molar-refractivity contribution < 1.29 is 18.9 Å². The van der Waals surface area contributed by atoms with Crippen LogP contribution in [0.1, 0.15) is 57.8 Å². The molecule has 0 spiro atoms. The molecule has 0 aromatic rings. The normalized spacial score (nSPS) is 22.3. The highest BCUT2D eigenvalue weighted by molar-refractivity contribution is 4.99. The second-order valence-electron chi connectivity index (χ2n) is 6.59. The van der Waals surface area contributed by atoms with E-state index in [2.05, 4.69) is 0 Å². The summed E-state index contributed by atoms with van der Waals surface area (Å²) in [7, 11) is 6.81. The molecule has 0 amide bonds. The molecule has 0 aromatic heterocycles. The van der Waals surface area contributed by atoms with Crippen LogP contribution in [0.15, 0.2) is 0 Å². The van der Waals surface area contributed by atoms with Crippen LogP contribution in [-0.4, -0.2) is 40.0 Å². The smallest absolute Gasteiger partial charge is 0.284 e. The second-order valence-corrected chi connectivity index (χ2v) is 6.59. The summed E-state index contributed by atoms with van der Waals surface area (Å²) in [5, 5.41) is 0. The summed E-state index contributed by atoms with van der Waals surface area (Å²) >= 11 is 0. The maximum Gasteiger partial charge on any atom is 0.284 e. The van der Waals surface area contributed by atoms with Crippen LogP contribution in [0.5, 0.6) is 0 Å². The maximum atomic E-state index is 6.23. The van der Waals surface area contributed by atoms with Gasteiger partial charge in [-0.2, -0.15) is 0 Å². The van der Waals surface area contributed by atoms with E-state index in [1.165, 1.54) is 51.4 Å². The van der Waals surface area contributed by atoms with Gasteiger partial charge >= 0.3 is 0 Å². The molecule has 0 bridgehead atoms. The van der Waals surface area contributed by atoms with Gasteiger partial charge in [-0.1, -0.05) is 25.7 Å². The molecular weight excluding hydrogens is 268 g/mol. The van der Waals surface area contributed by atoms with Gasteiger partial charge in [0.05, 0.1) is 12.0 Å². The predicted octanol–water partition coefficient (Wildman–Crippen LogP) is 3.74. The third-order valence-corrected chi connectivity index (χ3v) is 5.90. The molecule has 2 saturated carbocycles. The molecule has 2 fully saturated rings. The third-order valence-electron chi connectivity index (χ3n) is 5.90. The van der Waals surface area contributed by atoms with Crippen LogP contribution >= 0.6 is 0 Å². The number of methoxy groups -OCH3 is 4. The van der Waals surface area contributed by atoms with Crippen LogP contribution in [-0.2, 0) is 18.9 Å². The Bertz CT molecular complexity index is 278. The highest BCUT2D eigenvalue weighted by atomic mass is 16.9. The number of ether oxygens (including phenoxy) is 4. The minimum absolute atomic E-state index is 0.185. The maximum absolute atomic E-state index is 6.23.